The standard InChI is InChI=1S/C41H51NO4/c1-39-20-17-33(43)23-32(39)15-16-36-37(39)18-21-40(2)38(36)19-22-41(40,45)28-42(24-31-13-8-12-30-11-6-7-14-35(30)31)25-34(44)27-46-26-29-9-4-3-5-10-29/h3-16,33-34,37-38,43-45H,17-28H2,1-2H3/t33-,34+,37-,38-,39-,40-,41+/m0/s1. The third kappa shape index (κ3) is 5.79. The molecule has 0 saturated heterocycles. The molecule has 3 aromatic carbocycles. The van der Waals surface area contributed by atoms with E-state index in [9.17, 15) is 15.3 Å². The fraction of sp³-hybridized carbons (Fsp3) is 0.512. The highest BCUT2D eigenvalue weighted by Crippen LogP contribution is 2.66. The Morgan fingerprint density at radius 3 is 2.48 bits per heavy atom. The molecule has 244 valence electrons. The van der Waals surface area contributed by atoms with E-state index in [1.807, 2.05) is 30.3 Å². The largest absolute Gasteiger partial charge is 0.393 e. The first kappa shape index (κ1) is 31.8. The van der Waals surface area contributed by atoms with Crippen LogP contribution in [-0.2, 0) is 17.9 Å². The van der Waals surface area contributed by atoms with Crippen molar-refractivity contribution in [2.75, 3.05) is 19.7 Å². The summed E-state index contributed by atoms with van der Waals surface area (Å²) in [5, 5.41) is 36.8. The fourth-order valence-corrected chi connectivity index (χ4v) is 9.82. The number of fused-ring (bicyclic) bond motifs is 6. The van der Waals surface area contributed by atoms with Crippen LogP contribution in [0.15, 0.2) is 96.1 Å². The number of aliphatic hydroxyl groups is 3. The Balaban J connectivity index is 1.12. The van der Waals surface area contributed by atoms with Gasteiger partial charge in [-0.05, 0) is 84.1 Å². The summed E-state index contributed by atoms with van der Waals surface area (Å²) in [5.74, 6) is 0.840. The first-order valence-electron chi connectivity index (χ1n) is 17.5. The Kier molecular flexibility index (Phi) is 8.75. The number of ether oxygens (including phenoxy) is 1. The highest BCUT2D eigenvalue weighted by molar-refractivity contribution is 5.85. The Hall–Kier alpha value is -2.80. The zero-order chi connectivity index (χ0) is 31.9. The van der Waals surface area contributed by atoms with Gasteiger partial charge in [-0.25, -0.2) is 0 Å². The minimum atomic E-state index is -0.869. The van der Waals surface area contributed by atoms with Gasteiger partial charge in [-0.1, -0.05) is 110 Å². The van der Waals surface area contributed by atoms with E-state index in [-0.39, 0.29) is 23.5 Å². The van der Waals surface area contributed by atoms with E-state index in [2.05, 4.69) is 73.4 Å². The molecule has 0 amide bonds. The second-order valence-electron chi connectivity index (χ2n) is 15.3. The van der Waals surface area contributed by atoms with Crippen LogP contribution in [0.4, 0.5) is 0 Å². The summed E-state index contributed by atoms with van der Waals surface area (Å²) >= 11 is 0. The second-order valence-corrected chi connectivity index (χ2v) is 15.3. The van der Waals surface area contributed by atoms with Crippen LogP contribution in [0, 0.1) is 22.7 Å². The molecule has 7 rings (SSSR count). The first-order chi connectivity index (χ1) is 22.2. The zero-order valence-corrected chi connectivity index (χ0v) is 27.6. The Morgan fingerprint density at radius 2 is 1.63 bits per heavy atom. The highest BCUT2D eigenvalue weighted by Gasteiger charge is 2.62. The van der Waals surface area contributed by atoms with Gasteiger partial charge in [-0.2, -0.15) is 0 Å². The van der Waals surface area contributed by atoms with Crippen LogP contribution in [-0.4, -0.2) is 57.7 Å². The quantitative estimate of drug-likeness (QED) is 0.223. The zero-order valence-electron chi connectivity index (χ0n) is 27.6. The average Bonchev–Trinajstić information content (AvgIpc) is 3.31. The maximum atomic E-state index is 12.7. The summed E-state index contributed by atoms with van der Waals surface area (Å²) in [6.45, 7) is 7.08. The lowest BCUT2D eigenvalue weighted by Gasteiger charge is -2.56. The summed E-state index contributed by atoms with van der Waals surface area (Å²) in [6.07, 6.45) is 10.3. The number of rotatable bonds is 10. The Bertz CT molecular complexity index is 1600. The van der Waals surface area contributed by atoms with Crippen molar-refractivity contribution in [3.8, 4) is 0 Å². The van der Waals surface area contributed by atoms with Crippen molar-refractivity contribution in [1.29, 1.82) is 0 Å². The molecule has 0 radical (unpaired) electrons. The van der Waals surface area contributed by atoms with E-state index in [0.29, 0.717) is 38.1 Å². The van der Waals surface area contributed by atoms with Gasteiger partial charge in [0.1, 0.15) is 0 Å². The summed E-state index contributed by atoms with van der Waals surface area (Å²) in [7, 11) is 0. The SMILES string of the molecule is C[C@]12CC[C@H](O)CC1=CC=C1[C@@H]2CC[C@@]2(C)[C@H]1CC[C@@]2(O)CN(Cc1cccc2ccccc12)C[C@@H](O)COCc1ccccc1. The van der Waals surface area contributed by atoms with E-state index in [0.717, 1.165) is 50.5 Å². The lowest BCUT2D eigenvalue weighted by atomic mass is 9.50. The minimum Gasteiger partial charge on any atom is -0.393 e. The molecular formula is C41H51NO4. The number of benzene rings is 3. The number of hydrogen-bond donors (Lipinski definition) is 3. The van der Waals surface area contributed by atoms with Crippen molar-refractivity contribution in [3.05, 3.63) is 107 Å². The summed E-state index contributed by atoms with van der Waals surface area (Å²) in [4.78, 5) is 2.29. The lowest BCUT2D eigenvalue weighted by molar-refractivity contribution is -0.108. The molecule has 4 aliphatic carbocycles. The molecule has 0 aromatic heterocycles. The predicted octanol–water partition coefficient (Wildman–Crippen LogP) is 7.19. The normalized spacial score (nSPS) is 32.8. The maximum Gasteiger partial charge on any atom is 0.0900 e. The molecule has 0 bridgehead atoms. The van der Waals surface area contributed by atoms with Crippen LogP contribution in [0.1, 0.15) is 69.9 Å². The van der Waals surface area contributed by atoms with Gasteiger partial charge in [0.05, 0.1) is 31.0 Å². The summed E-state index contributed by atoms with van der Waals surface area (Å²) in [6, 6.07) is 25.0. The Morgan fingerprint density at radius 1 is 0.870 bits per heavy atom. The smallest absolute Gasteiger partial charge is 0.0900 e. The van der Waals surface area contributed by atoms with Gasteiger partial charge in [-0.15, -0.1) is 0 Å². The third-order valence-corrected chi connectivity index (χ3v) is 12.5. The monoisotopic (exact) mass is 621 g/mol. The molecular weight excluding hydrogens is 570 g/mol. The van der Waals surface area contributed by atoms with E-state index >= 15 is 0 Å². The minimum absolute atomic E-state index is 0.121. The molecule has 7 atom stereocenters. The number of hydrogen-bond acceptors (Lipinski definition) is 5. The van der Waals surface area contributed by atoms with Crippen molar-refractivity contribution in [2.24, 2.45) is 22.7 Å². The van der Waals surface area contributed by atoms with E-state index in [1.54, 1.807) is 0 Å². The average molecular weight is 622 g/mol. The molecule has 46 heavy (non-hydrogen) atoms. The first-order valence-corrected chi connectivity index (χ1v) is 17.5. The van der Waals surface area contributed by atoms with E-state index < -0.39 is 11.7 Å². The topological polar surface area (TPSA) is 73.2 Å². The predicted molar refractivity (Wildman–Crippen MR) is 184 cm³/mol. The van der Waals surface area contributed by atoms with Gasteiger partial charge >= 0.3 is 0 Å². The molecule has 4 aliphatic rings. The summed E-state index contributed by atoms with van der Waals surface area (Å²) < 4.78 is 5.95. The van der Waals surface area contributed by atoms with Crippen molar-refractivity contribution in [1.82, 2.24) is 4.90 Å². The van der Waals surface area contributed by atoms with Crippen LogP contribution in [0.2, 0.25) is 0 Å². The van der Waals surface area contributed by atoms with E-state index in [1.165, 1.54) is 27.5 Å². The third-order valence-electron chi connectivity index (χ3n) is 12.5. The van der Waals surface area contributed by atoms with Crippen LogP contribution in [0.5, 0.6) is 0 Å². The molecule has 0 aliphatic heterocycles. The maximum absolute atomic E-state index is 12.7. The van der Waals surface area contributed by atoms with Crippen LogP contribution >= 0.6 is 0 Å². The van der Waals surface area contributed by atoms with Crippen LogP contribution in [0.3, 0.4) is 0 Å². The number of nitrogens with zero attached hydrogens (tertiary/aromatic N) is 1. The van der Waals surface area contributed by atoms with Crippen molar-refractivity contribution in [3.63, 3.8) is 0 Å². The summed E-state index contributed by atoms with van der Waals surface area (Å²) in [5.41, 5.74) is 4.26. The van der Waals surface area contributed by atoms with Crippen LogP contribution < -0.4 is 0 Å². The van der Waals surface area contributed by atoms with E-state index in [4.69, 9.17) is 4.74 Å². The fourth-order valence-electron chi connectivity index (χ4n) is 9.82. The van der Waals surface area contributed by atoms with Gasteiger partial charge in [0.15, 0.2) is 0 Å². The van der Waals surface area contributed by atoms with Gasteiger partial charge in [0, 0.05) is 25.0 Å². The molecule has 3 N–H and O–H groups in total. The van der Waals surface area contributed by atoms with Gasteiger partial charge in [-0.3, -0.25) is 4.90 Å². The molecule has 0 heterocycles. The molecule has 5 heteroatoms. The number of aliphatic hydroxyl groups excluding tert-OH is 2. The van der Waals surface area contributed by atoms with Crippen molar-refractivity contribution >= 4 is 10.8 Å². The van der Waals surface area contributed by atoms with Gasteiger partial charge in [0.25, 0.3) is 0 Å². The van der Waals surface area contributed by atoms with Crippen molar-refractivity contribution in [2.45, 2.75) is 89.8 Å². The number of allylic oxidation sites excluding steroid dienone is 3. The molecule has 0 unspecified atom stereocenters. The molecule has 5 nitrogen and oxygen atoms in total. The second kappa shape index (κ2) is 12.7. The lowest BCUT2D eigenvalue weighted by Crippen LogP contribution is -2.56. The van der Waals surface area contributed by atoms with Gasteiger partial charge < -0.3 is 20.1 Å². The van der Waals surface area contributed by atoms with Gasteiger partial charge in [0.2, 0.25) is 0 Å². The highest BCUT2D eigenvalue weighted by atomic mass is 16.5. The molecule has 3 saturated carbocycles. The molecule has 3 fully saturated rings. The Labute approximate surface area is 274 Å². The molecule has 3 aromatic rings. The van der Waals surface area contributed by atoms with Crippen LogP contribution in [0.25, 0.3) is 10.8 Å². The van der Waals surface area contributed by atoms with Crippen molar-refractivity contribution < 1.29 is 20.1 Å². The molecule has 0 spiro atoms.